The molecule has 0 saturated heterocycles. The van der Waals surface area contributed by atoms with Crippen LogP contribution >= 0.6 is 0 Å². The van der Waals surface area contributed by atoms with Gasteiger partial charge in [-0.2, -0.15) is 0 Å². The molecule has 4 rings (SSSR count). The van der Waals surface area contributed by atoms with E-state index in [-0.39, 0.29) is 12.5 Å². The van der Waals surface area contributed by atoms with Gasteiger partial charge in [-0.3, -0.25) is 15.1 Å². The summed E-state index contributed by atoms with van der Waals surface area (Å²) < 4.78 is 22.0. The molecule has 146 valence electrons. The first-order valence-corrected chi connectivity index (χ1v) is 8.85. The molecule has 0 aromatic heterocycles. The highest BCUT2D eigenvalue weighted by Gasteiger charge is 2.14. The predicted molar refractivity (Wildman–Crippen MR) is 102 cm³/mol. The molecule has 2 aromatic rings. The van der Waals surface area contributed by atoms with Crippen molar-refractivity contribution in [2.75, 3.05) is 38.4 Å². The van der Waals surface area contributed by atoms with Crippen LogP contribution in [0.15, 0.2) is 43.0 Å². The Bertz CT molecular complexity index is 898. The smallest absolute Gasteiger partial charge is 0.253 e. The summed E-state index contributed by atoms with van der Waals surface area (Å²) >= 11 is 0. The maximum Gasteiger partial charge on any atom is 0.253 e. The number of rotatable bonds is 6. The number of ether oxygens (including phenoxy) is 4. The Labute approximate surface area is 161 Å². The molecule has 2 N–H and O–H groups in total. The number of benzene rings is 2. The van der Waals surface area contributed by atoms with E-state index in [1.165, 1.54) is 0 Å². The normalized spacial score (nSPS) is 14.1. The maximum atomic E-state index is 12.1. The molecule has 2 heterocycles. The molecule has 8 nitrogen and oxygen atoms in total. The molecule has 8 heteroatoms. The van der Waals surface area contributed by atoms with Gasteiger partial charge < -0.3 is 24.3 Å². The van der Waals surface area contributed by atoms with E-state index in [0.717, 1.165) is 5.56 Å². The van der Waals surface area contributed by atoms with Crippen molar-refractivity contribution >= 4 is 17.3 Å². The van der Waals surface area contributed by atoms with Gasteiger partial charge in [-0.15, -0.1) is 0 Å². The van der Waals surface area contributed by atoms with Crippen molar-refractivity contribution in [3.8, 4) is 23.0 Å². The van der Waals surface area contributed by atoms with Gasteiger partial charge in [-0.05, 0) is 30.3 Å². The molecule has 2 aliphatic heterocycles. The lowest BCUT2D eigenvalue weighted by molar-refractivity contribution is -0.122. The van der Waals surface area contributed by atoms with E-state index in [2.05, 4.69) is 17.4 Å². The van der Waals surface area contributed by atoms with Crippen molar-refractivity contribution < 1.29 is 28.6 Å². The molecule has 28 heavy (non-hydrogen) atoms. The summed E-state index contributed by atoms with van der Waals surface area (Å²) in [6.45, 7) is 5.76. The Kier molecular flexibility index (Phi) is 5.20. The fourth-order valence-corrected chi connectivity index (χ4v) is 2.80. The van der Waals surface area contributed by atoms with Crippen LogP contribution in [0.1, 0.15) is 5.56 Å². The Morgan fingerprint density at radius 2 is 1.50 bits per heavy atom. The first kappa shape index (κ1) is 18.0. The summed E-state index contributed by atoms with van der Waals surface area (Å²) in [7, 11) is 0. The number of amides is 1. The quantitative estimate of drug-likeness (QED) is 0.740. The van der Waals surface area contributed by atoms with Gasteiger partial charge in [0.15, 0.2) is 29.6 Å². The number of hydrogen-bond acceptors (Lipinski definition) is 7. The van der Waals surface area contributed by atoms with Gasteiger partial charge in [-0.25, -0.2) is 0 Å². The van der Waals surface area contributed by atoms with Crippen LogP contribution < -0.4 is 29.7 Å². The first-order chi connectivity index (χ1) is 13.7. The molecular formula is C20H20N2O6. The van der Waals surface area contributed by atoms with E-state index in [4.69, 9.17) is 23.8 Å². The van der Waals surface area contributed by atoms with Gasteiger partial charge >= 0.3 is 0 Å². The van der Waals surface area contributed by atoms with Crippen molar-refractivity contribution in [3.05, 3.63) is 48.5 Å². The number of fused-ring (bicyclic) bond motifs is 2. The van der Waals surface area contributed by atoms with Crippen molar-refractivity contribution in [1.29, 1.82) is 0 Å². The van der Waals surface area contributed by atoms with Crippen LogP contribution in [0.5, 0.6) is 23.0 Å². The number of hydroxylamine groups is 1. The maximum absolute atomic E-state index is 12.1. The lowest BCUT2D eigenvalue weighted by atomic mass is 10.1. The van der Waals surface area contributed by atoms with Crippen molar-refractivity contribution in [2.45, 2.75) is 0 Å². The minimum atomic E-state index is -0.320. The largest absolute Gasteiger partial charge is 0.486 e. The van der Waals surface area contributed by atoms with E-state index in [9.17, 15) is 4.79 Å². The van der Waals surface area contributed by atoms with Gasteiger partial charge in [0.05, 0.1) is 5.70 Å². The number of nitrogens with one attached hydrogen (secondary N) is 2. The fraction of sp³-hybridized carbons (Fsp3) is 0.250. The first-order valence-electron chi connectivity index (χ1n) is 8.85. The monoisotopic (exact) mass is 384 g/mol. The molecule has 0 bridgehead atoms. The third-order valence-electron chi connectivity index (χ3n) is 4.12. The molecule has 0 radical (unpaired) electrons. The molecule has 0 saturated carbocycles. The topological polar surface area (TPSA) is 87.3 Å². The minimum absolute atomic E-state index is 0.196. The molecule has 1 amide bonds. The molecule has 2 aliphatic rings. The predicted octanol–water partition coefficient (Wildman–Crippen LogP) is 2.36. The van der Waals surface area contributed by atoms with Gasteiger partial charge in [-0.1, -0.05) is 6.58 Å². The average molecular weight is 384 g/mol. The Morgan fingerprint density at radius 3 is 2.21 bits per heavy atom. The number of hydrogen-bond donors (Lipinski definition) is 2. The highest BCUT2D eigenvalue weighted by Crippen LogP contribution is 2.33. The SMILES string of the molecule is C=C(NOCC(=O)Nc1ccc2c(c1)OCCO2)c1ccc2c(c1)OCCO2. The Hall–Kier alpha value is -3.39. The van der Waals surface area contributed by atoms with Crippen molar-refractivity contribution in [1.82, 2.24) is 5.48 Å². The lowest BCUT2D eigenvalue weighted by Crippen LogP contribution is -2.24. The second-order valence-electron chi connectivity index (χ2n) is 6.13. The third kappa shape index (κ3) is 4.12. The summed E-state index contributed by atoms with van der Waals surface area (Å²) in [5.41, 5.74) is 4.55. The van der Waals surface area contributed by atoms with Crippen LogP contribution in [-0.4, -0.2) is 38.9 Å². The summed E-state index contributed by atoms with van der Waals surface area (Å²) in [6, 6.07) is 10.7. The summed E-state index contributed by atoms with van der Waals surface area (Å²) in [6.07, 6.45) is 0. The zero-order valence-corrected chi connectivity index (χ0v) is 15.2. The third-order valence-corrected chi connectivity index (χ3v) is 4.12. The Morgan fingerprint density at radius 1 is 0.893 bits per heavy atom. The average Bonchev–Trinajstić information content (AvgIpc) is 2.73. The second-order valence-corrected chi connectivity index (χ2v) is 6.13. The number of carbonyl (C=O) groups is 1. The summed E-state index contributed by atoms with van der Waals surface area (Å²) in [4.78, 5) is 17.3. The van der Waals surface area contributed by atoms with Crippen molar-refractivity contribution in [3.63, 3.8) is 0 Å². The fourth-order valence-electron chi connectivity index (χ4n) is 2.80. The molecule has 0 aliphatic carbocycles. The zero-order valence-electron chi connectivity index (χ0n) is 15.2. The number of carbonyl (C=O) groups excluding carboxylic acids is 1. The zero-order chi connectivity index (χ0) is 19.3. The van der Waals surface area contributed by atoms with Gasteiger partial charge in [0.2, 0.25) is 0 Å². The van der Waals surface area contributed by atoms with E-state index in [1.807, 2.05) is 18.2 Å². The highest BCUT2D eigenvalue weighted by atomic mass is 16.6. The van der Waals surface area contributed by atoms with E-state index >= 15 is 0 Å². The van der Waals surface area contributed by atoms with Gasteiger partial charge in [0, 0.05) is 17.3 Å². The molecule has 0 spiro atoms. The molecule has 0 atom stereocenters. The van der Waals surface area contributed by atoms with Gasteiger partial charge in [0.25, 0.3) is 5.91 Å². The molecular weight excluding hydrogens is 364 g/mol. The molecule has 0 fully saturated rings. The van der Waals surface area contributed by atoms with Crippen LogP contribution in [0, 0.1) is 0 Å². The van der Waals surface area contributed by atoms with Crippen LogP contribution in [0.4, 0.5) is 5.69 Å². The van der Waals surface area contributed by atoms with E-state index in [0.29, 0.717) is 60.8 Å². The van der Waals surface area contributed by atoms with E-state index in [1.54, 1.807) is 18.2 Å². The van der Waals surface area contributed by atoms with Crippen LogP contribution in [0.3, 0.4) is 0 Å². The van der Waals surface area contributed by atoms with Crippen LogP contribution in [0.2, 0.25) is 0 Å². The lowest BCUT2D eigenvalue weighted by Gasteiger charge is -2.19. The van der Waals surface area contributed by atoms with E-state index < -0.39 is 0 Å². The standard InChI is InChI=1S/C20H20N2O6/c1-13(14-2-4-16-18(10-14)26-8-6-24-16)22-28-12-20(23)21-15-3-5-17-19(11-15)27-9-7-25-17/h2-5,10-11,22H,1,6-9,12H2,(H,21,23). The highest BCUT2D eigenvalue weighted by molar-refractivity contribution is 5.92. The molecule has 0 unspecified atom stereocenters. The van der Waals surface area contributed by atoms with Gasteiger partial charge in [0.1, 0.15) is 26.4 Å². The Balaban J connectivity index is 1.26. The minimum Gasteiger partial charge on any atom is -0.486 e. The van der Waals surface area contributed by atoms with Crippen LogP contribution in [0.25, 0.3) is 5.70 Å². The summed E-state index contributed by atoms with van der Waals surface area (Å²) in [5, 5.41) is 2.74. The van der Waals surface area contributed by atoms with Crippen LogP contribution in [-0.2, 0) is 9.63 Å². The summed E-state index contributed by atoms with van der Waals surface area (Å²) in [5.74, 6) is 2.30. The molecule has 2 aromatic carbocycles. The number of anilines is 1. The van der Waals surface area contributed by atoms with Crippen molar-refractivity contribution in [2.24, 2.45) is 0 Å². The second kappa shape index (κ2) is 8.10.